The molecule has 66 valence electrons. The number of halogens is 2. The van der Waals surface area contributed by atoms with Gasteiger partial charge in [-0.05, 0) is 57.3 Å². The largest absolute Gasteiger partial charge is 0.505 e. The van der Waals surface area contributed by atoms with Crippen molar-refractivity contribution in [3.63, 3.8) is 0 Å². The van der Waals surface area contributed by atoms with Gasteiger partial charge in [-0.1, -0.05) is 6.07 Å². The summed E-state index contributed by atoms with van der Waals surface area (Å²) in [5.41, 5.74) is 0.679. The molecule has 2 nitrogen and oxygen atoms in total. The van der Waals surface area contributed by atoms with Crippen molar-refractivity contribution in [3.05, 3.63) is 31.5 Å². The van der Waals surface area contributed by atoms with Crippen molar-refractivity contribution in [3.8, 4) is 5.75 Å². The summed E-state index contributed by atoms with van der Waals surface area (Å²) in [6.07, 6.45) is 1.69. The zero-order valence-electron chi connectivity index (χ0n) is 6.46. The number of benzene rings is 1. The number of hydrogen-bond donors (Lipinski definition) is 1. The second-order valence-electron chi connectivity index (χ2n) is 2.59. The lowest BCUT2D eigenvalue weighted by Gasteiger charge is -2.03. The minimum atomic E-state index is 0.275. The molecule has 0 atom stereocenters. The van der Waals surface area contributed by atoms with Crippen LogP contribution in [0.3, 0.4) is 0 Å². The average Bonchev–Trinajstić information content (AvgIpc) is 2.15. The lowest BCUT2D eigenvalue weighted by Crippen LogP contribution is -1.85. The average molecular weight is 394 g/mol. The summed E-state index contributed by atoms with van der Waals surface area (Å²) in [5, 5.41) is 10.7. The predicted molar refractivity (Wildman–Crippen MR) is 68.8 cm³/mol. The molecule has 1 aromatic heterocycles. The Kier molecular flexibility index (Phi) is 2.59. The molecule has 0 saturated carbocycles. The molecule has 0 spiro atoms. The van der Waals surface area contributed by atoms with Crippen LogP contribution in [-0.2, 0) is 0 Å². The predicted octanol–water partition coefficient (Wildman–Crippen LogP) is 3.15. The molecule has 0 aliphatic carbocycles. The number of aromatic hydroxyl groups is 1. The summed E-state index contributed by atoms with van der Waals surface area (Å²) < 4.78 is 1.95. The monoisotopic (exact) mass is 394 g/mol. The second kappa shape index (κ2) is 3.56. The highest BCUT2D eigenvalue weighted by Crippen LogP contribution is 2.31. The minimum Gasteiger partial charge on any atom is -0.505 e. The van der Waals surface area contributed by atoms with Crippen LogP contribution >= 0.6 is 45.2 Å². The van der Waals surface area contributed by atoms with Crippen molar-refractivity contribution >= 4 is 56.1 Å². The zero-order chi connectivity index (χ0) is 9.42. The fraction of sp³-hybridized carbons (Fsp3) is 0. The molecule has 0 amide bonds. The molecular weight excluding hydrogens is 389 g/mol. The number of phenolic OH excluding ortho intramolecular Hbond substituents is 1. The SMILES string of the molecule is Oc1c(I)cc([124I])c2cccnc12. The fourth-order valence-corrected chi connectivity index (χ4v) is 3.07. The summed E-state index contributed by atoms with van der Waals surface area (Å²) in [5.74, 6) is 0.275. The number of fused-ring (bicyclic) bond motifs is 1. The van der Waals surface area contributed by atoms with Gasteiger partial charge in [0.1, 0.15) is 5.52 Å². The lowest BCUT2D eigenvalue weighted by atomic mass is 10.2. The van der Waals surface area contributed by atoms with Gasteiger partial charge < -0.3 is 5.11 Å². The van der Waals surface area contributed by atoms with E-state index in [1.54, 1.807) is 6.20 Å². The van der Waals surface area contributed by atoms with Crippen molar-refractivity contribution in [2.45, 2.75) is 0 Å². The van der Waals surface area contributed by atoms with Crippen LogP contribution in [-0.4, -0.2) is 10.1 Å². The first-order valence-corrected chi connectivity index (χ1v) is 5.77. The van der Waals surface area contributed by atoms with E-state index in [-0.39, 0.29) is 5.75 Å². The molecule has 0 bridgehead atoms. The number of hydrogen-bond acceptors (Lipinski definition) is 2. The second-order valence-corrected chi connectivity index (χ2v) is 4.91. The molecule has 1 heterocycles. The van der Waals surface area contributed by atoms with Gasteiger partial charge in [-0.3, -0.25) is 4.98 Å². The number of phenols is 1. The van der Waals surface area contributed by atoms with Gasteiger partial charge in [0.15, 0.2) is 5.75 Å². The normalized spacial score (nSPS) is 10.6. The molecular formula is C9H5I2NO. The molecule has 13 heavy (non-hydrogen) atoms. The molecule has 0 aliphatic heterocycles. The van der Waals surface area contributed by atoms with Crippen LogP contribution in [0.1, 0.15) is 0 Å². The highest BCUT2D eigenvalue weighted by atomic mass is 127. The van der Waals surface area contributed by atoms with Crippen LogP contribution < -0.4 is 0 Å². The molecule has 0 aliphatic rings. The highest BCUT2D eigenvalue weighted by molar-refractivity contribution is 14.1. The van der Waals surface area contributed by atoms with E-state index in [4.69, 9.17) is 0 Å². The van der Waals surface area contributed by atoms with Gasteiger partial charge >= 0.3 is 0 Å². The quantitative estimate of drug-likeness (QED) is 0.697. The van der Waals surface area contributed by atoms with Crippen LogP contribution in [0.4, 0.5) is 0 Å². The molecule has 4 heteroatoms. The van der Waals surface area contributed by atoms with E-state index in [2.05, 4.69) is 50.2 Å². The first-order valence-electron chi connectivity index (χ1n) is 3.62. The third kappa shape index (κ3) is 1.61. The van der Waals surface area contributed by atoms with Crippen LogP contribution in [0.15, 0.2) is 24.4 Å². The Morgan fingerprint density at radius 2 is 2.23 bits per heavy atom. The van der Waals surface area contributed by atoms with Gasteiger partial charge in [-0.15, -0.1) is 0 Å². The van der Waals surface area contributed by atoms with E-state index >= 15 is 0 Å². The van der Waals surface area contributed by atoms with Gasteiger partial charge in [0.25, 0.3) is 0 Å². The van der Waals surface area contributed by atoms with Gasteiger partial charge in [-0.25, -0.2) is 0 Å². The van der Waals surface area contributed by atoms with Crippen LogP contribution in [0, 0.1) is 7.14 Å². The van der Waals surface area contributed by atoms with E-state index in [0.29, 0.717) is 5.52 Å². The third-order valence-electron chi connectivity index (χ3n) is 1.77. The molecule has 0 unspecified atom stereocenters. The summed E-state index contributed by atoms with van der Waals surface area (Å²) in [6.45, 7) is 0. The first kappa shape index (κ1) is 9.45. The Morgan fingerprint density at radius 3 is 3.00 bits per heavy atom. The molecule has 1 N–H and O–H groups in total. The molecule has 2 rings (SSSR count). The van der Waals surface area contributed by atoms with E-state index in [0.717, 1.165) is 12.5 Å². The Morgan fingerprint density at radius 1 is 1.46 bits per heavy atom. The number of pyridine rings is 1. The van der Waals surface area contributed by atoms with Gasteiger partial charge in [0, 0.05) is 15.2 Å². The van der Waals surface area contributed by atoms with E-state index in [1.807, 2.05) is 18.2 Å². The Labute approximate surface area is 103 Å². The molecule has 2 aromatic rings. The van der Waals surface area contributed by atoms with E-state index in [9.17, 15) is 5.11 Å². The van der Waals surface area contributed by atoms with Gasteiger partial charge in [0.05, 0.1) is 3.57 Å². The van der Waals surface area contributed by atoms with Crippen molar-refractivity contribution in [1.29, 1.82) is 0 Å². The smallest absolute Gasteiger partial charge is 0.155 e. The van der Waals surface area contributed by atoms with E-state index < -0.39 is 0 Å². The summed E-state index contributed by atoms with van der Waals surface area (Å²) in [7, 11) is 0. The first-order chi connectivity index (χ1) is 6.20. The minimum absolute atomic E-state index is 0.275. The van der Waals surface area contributed by atoms with E-state index in [1.165, 1.54) is 0 Å². The van der Waals surface area contributed by atoms with Crippen LogP contribution in [0.2, 0.25) is 0 Å². The van der Waals surface area contributed by atoms with Crippen molar-refractivity contribution < 1.29 is 5.11 Å². The maximum absolute atomic E-state index is 9.71. The van der Waals surface area contributed by atoms with Crippen LogP contribution in [0.25, 0.3) is 10.9 Å². The van der Waals surface area contributed by atoms with Crippen molar-refractivity contribution in [2.75, 3.05) is 0 Å². The molecule has 1 aromatic carbocycles. The van der Waals surface area contributed by atoms with Crippen molar-refractivity contribution in [1.82, 2.24) is 4.98 Å². The Bertz CT molecular complexity index is 470. The summed E-state index contributed by atoms with van der Waals surface area (Å²) >= 11 is 4.35. The number of aromatic nitrogens is 1. The number of rotatable bonds is 0. The summed E-state index contributed by atoms with van der Waals surface area (Å²) in [6, 6.07) is 5.77. The summed E-state index contributed by atoms with van der Waals surface area (Å²) in [4.78, 5) is 4.14. The maximum Gasteiger partial charge on any atom is 0.155 e. The Hall–Kier alpha value is -0.110. The fourth-order valence-electron chi connectivity index (χ4n) is 1.16. The van der Waals surface area contributed by atoms with Gasteiger partial charge in [0.2, 0.25) is 0 Å². The standard InChI is InChI=1S/C9H5I2NO/c10-6-4-7(11)9(13)8-5(6)2-1-3-12-8/h1-4,13H/i10-3. The lowest BCUT2D eigenvalue weighted by molar-refractivity contribution is 0.476. The third-order valence-corrected chi connectivity index (χ3v) is 3.48. The molecule has 0 fully saturated rings. The van der Waals surface area contributed by atoms with Crippen LogP contribution in [0.5, 0.6) is 5.75 Å². The number of nitrogens with zero attached hydrogens (tertiary/aromatic N) is 1. The zero-order valence-corrected chi connectivity index (χ0v) is 10.8. The maximum atomic E-state index is 9.71. The van der Waals surface area contributed by atoms with Crippen molar-refractivity contribution in [2.24, 2.45) is 0 Å². The molecule has 0 radical (unpaired) electrons. The van der Waals surface area contributed by atoms with Gasteiger partial charge in [-0.2, -0.15) is 0 Å². The topological polar surface area (TPSA) is 33.1 Å². The highest BCUT2D eigenvalue weighted by Gasteiger charge is 2.07. The Balaban J connectivity index is 2.97. The molecule has 0 saturated heterocycles.